The van der Waals surface area contributed by atoms with Gasteiger partial charge in [0.2, 0.25) is 5.91 Å². The Morgan fingerprint density at radius 2 is 2.11 bits per heavy atom. The molecule has 2 rings (SSSR count). The lowest BCUT2D eigenvalue weighted by Crippen LogP contribution is -2.40. The number of rotatable bonds is 4. The van der Waals surface area contributed by atoms with E-state index in [4.69, 9.17) is 17.3 Å². The zero-order chi connectivity index (χ0) is 13.0. The second-order valence-electron chi connectivity index (χ2n) is 4.87. The van der Waals surface area contributed by atoms with Crippen LogP contribution in [-0.2, 0) is 11.2 Å². The summed E-state index contributed by atoms with van der Waals surface area (Å²) in [6.45, 7) is 0.650. The fourth-order valence-corrected chi connectivity index (χ4v) is 2.78. The van der Waals surface area contributed by atoms with Crippen LogP contribution in [0.3, 0.4) is 0 Å². The summed E-state index contributed by atoms with van der Waals surface area (Å²) < 4.78 is 0. The summed E-state index contributed by atoms with van der Waals surface area (Å²) in [5.74, 6) is 0.466. The fourth-order valence-electron chi connectivity index (χ4n) is 2.58. The SMILES string of the molecule is Cl.NCC1CCCC1NC(=O)Cc1ccccc1Cl. The molecule has 19 heavy (non-hydrogen) atoms. The van der Waals surface area contributed by atoms with Gasteiger partial charge in [-0.2, -0.15) is 0 Å². The third kappa shape index (κ3) is 4.37. The second-order valence-corrected chi connectivity index (χ2v) is 5.28. The van der Waals surface area contributed by atoms with E-state index in [9.17, 15) is 4.79 Å². The van der Waals surface area contributed by atoms with Gasteiger partial charge in [-0.1, -0.05) is 36.2 Å². The van der Waals surface area contributed by atoms with Crippen molar-refractivity contribution in [1.82, 2.24) is 5.32 Å². The van der Waals surface area contributed by atoms with E-state index in [0.717, 1.165) is 24.8 Å². The van der Waals surface area contributed by atoms with Gasteiger partial charge in [0.15, 0.2) is 0 Å². The minimum atomic E-state index is 0. The summed E-state index contributed by atoms with van der Waals surface area (Å²) in [5.41, 5.74) is 6.58. The van der Waals surface area contributed by atoms with E-state index in [1.165, 1.54) is 0 Å². The van der Waals surface area contributed by atoms with Crippen LogP contribution in [-0.4, -0.2) is 18.5 Å². The van der Waals surface area contributed by atoms with E-state index >= 15 is 0 Å². The van der Waals surface area contributed by atoms with Gasteiger partial charge < -0.3 is 11.1 Å². The van der Waals surface area contributed by atoms with Crippen molar-refractivity contribution >= 4 is 29.9 Å². The number of nitrogens with one attached hydrogen (secondary N) is 1. The van der Waals surface area contributed by atoms with Crippen LogP contribution >= 0.6 is 24.0 Å². The van der Waals surface area contributed by atoms with Crippen molar-refractivity contribution in [1.29, 1.82) is 0 Å². The first-order valence-electron chi connectivity index (χ1n) is 6.43. The quantitative estimate of drug-likeness (QED) is 0.898. The van der Waals surface area contributed by atoms with Gasteiger partial charge in [0.1, 0.15) is 0 Å². The smallest absolute Gasteiger partial charge is 0.224 e. The highest BCUT2D eigenvalue weighted by Crippen LogP contribution is 2.24. The minimum Gasteiger partial charge on any atom is -0.353 e. The molecule has 0 aromatic heterocycles. The molecule has 3 N–H and O–H groups in total. The van der Waals surface area contributed by atoms with Crippen molar-refractivity contribution in [2.75, 3.05) is 6.54 Å². The summed E-state index contributed by atoms with van der Waals surface area (Å²) in [7, 11) is 0. The summed E-state index contributed by atoms with van der Waals surface area (Å²) in [6.07, 6.45) is 3.65. The van der Waals surface area contributed by atoms with Crippen molar-refractivity contribution in [2.45, 2.75) is 31.7 Å². The van der Waals surface area contributed by atoms with E-state index in [-0.39, 0.29) is 24.4 Å². The minimum absolute atomic E-state index is 0. The molecule has 0 bridgehead atoms. The number of carbonyl (C=O) groups excluding carboxylic acids is 1. The Kier molecular flexibility index (Phi) is 6.63. The summed E-state index contributed by atoms with van der Waals surface area (Å²) >= 11 is 6.04. The highest BCUT2D eigenvalue weighted by molar-refractivity contribution is 6.31. The van der Waals surface area contributed by atoms with Crippen LogP contribution in [0, 0.1) is 5.92 Å². The molecule has 3 nitrogen and oxygen atoms in total. The first-order chi connectivity index (χ1) is 8.70. The Balaban J connectivity index is 0.00000180. The van der Waals surface area contributed by atoms with E-state index in [1.807, 2.05) is 24.3 Å². The van der Waals surface area contributed by atoms with Crippen LogP contribution in [0.1, 0.15) is 24.8 Å². The predicted molar refractivity (Wildman–Crippen MR) is 80.7 cm³/mol. The van der Waals surface area contributed by atoms with Gasteiger partial charge in [-0.25, -0.2) is 0 Å². The van der Waals surface area contributed by atoms with Crippen LogP contribution in [0.2, 0.25) is 5.02 Å². The normalized spacial score (nSPS) is 21.8. The van der Waals surface area contributed by atoms with Crippen molar-refractivity contribution in [3.63, 3.8) is 0 Å². The molecule has 0 spiro atoms. The molecule has 1 aliphatic rings. The molecule has 1 aromatic rings. The van der Waals surface area contributed by atoms with Crippen LogP contribution in [0.4, 0.5) is 0 Å². The maximum absolute atomic E-state index is 12.0. The molecule has 106 valence electrons. The van der Waals surface area contributed by atoms with Crippen LogP contribution in [0.15, 0.2) is 24.3 Å². The van der Waals surface area contributed by atoms with E-state index in [0.29, 0.717) is 23.9 Å². The lowest BCUT2D eigenvalue weighted by atomic mass is 10.0. The molecule has 2 atom stereocenters. The van der Waals surface area contributed by atoms with Gasteiger partial charge in [-0.05, 0) is 36.9 Å². The molecule has 0 aliphatic heterocycles. The number of nitrogens with two attached hydrogens (primary N) is 1. The van der Waals surface area contributed by atoms with Crippen molar-refractivity contribution < 1.29 is 4.79 Å². The Morgan fingerprint density at radius 3 is 2.79 bits per heavy atom. The average Bonchev–Trinajstić information content (AvgIpc) is 2.79. The predicted octanol–water partition coefficient (Wildman–Crippen LogP) is 2.55. The molecular formula is C14H20Cl2N2O. The van der Waals surface area contributed by atoms with Crippen LogP contribution in [0.25, 0.3) is 0 Å². The molecule has 1 amide bonds. The van der Waals surface area contributed by atoms with Crippen LogP contribution in [0.5, 0.6) is 0 Å². The lowest BCUT2D eigenvalue weighted by molar-refractivity contribution is -0.121. The topological polar surface area (TPSA) is 55.1 Å². The van der Waals surface area contributed by atoms with E-state index < -0.39 is 0 Å². The molecular weight excluding hydrogens is 283 g/mol. The highest BCUT2D eigenvalue weighted by Gasteiger charge is 2.27. The number of hydrogen-bond donors (Lipinski definition) is 2. The zero-order valence-corrected chi connectivity index (χ0v) is 12.3. The number of hydrogen-bond acceptors (Lipinski definition) is 2. The Bertz CT molecular complexity index is 426. The Morgan fingerprint density at radius 1 is 1.37 bits per heavy atom. The molecule has 1 aromatic carbocycles. The monoisotopic (exact) mass is 302 g/mol. The first kappa shape index (κ1) is 16.3. The third-order valence-corrected chi connectivity index (χ3v) is 3.99. The maximum atomic E-state index is 12.0. The molecule has 1 fully saturated rings. The van der Waals surface area contributed by atoms with Crippen molar-refractivity contribution in [3.8, 4) is 0 Å². The average molecular weight is 303 g/mol. The molecule has 1 saturated carbocycles. The van der Waals surface area contributed by atoms with Gasteiger partial charge >= 0.3 is 0 Å². The van der Waals surface area contributed by atoms with Gasteiger partial charge in [-0.3, -0.25) is 4.79 Å². The Labute approximate surface area is 125 Å². The number of amides is 1. The molecule has 0 saturated heterocycles. The molecule has 2 unspecified atom stereocenters. The summed E-state index contributed by atoms with van der Waals surface area (Å²) in [5, 5.41) is 3.73. The van der Waals surface area contributed by atoms with Gasteiger partial charge in [0.25, 0.3) is 0 Å². The van der Waals surface area contributed by atoms with Gasteiger partial charge in [-0.15, -0.1) is 12.4 Å². The third-order valence-electron chi connectivity index (χ3n) is 3.62. The Hall–Kier alpha value is -0.770. The highest BCUT2D eigenvalue weighted by atomic mass is 35.5. The largest absolute Gasteiger partial charge is 0.353 e. The second kappa shape index (κ2) is 7.73. The molecule has 1 aliphatic carbocycles. The van der Waals surface area contributed by atoms with E-state index in [1.54, 1.807) is 0 Å². The standard InChI is InChI=1S/C14H19ClN2O.ClH/c15-12-6-2-1-4-10(12)8-14(18)17-13-7-3-5-11(13)9-16;/h1-2,4,6,11,13H,3,5,7-9,16H2,(H,17,18);1H. The molecule has 0 radical (unpaired) electrons. The number of carbonyl (C=O) groups is 1. The van der Waals surface area contributed by atoms with Crippen LogP contribution < -0.4 is 11.1 Å². The summed E-state index contributed by atoms with van der Waals surface area (Å²) in [4.78, 5) is 12.0. The summed E-state index contributed by atoms with van der Waals surface area (Å²) in [6, 6.07) is 7.70. The van der Waals surface area contributed by atoms with Gasteiger partial charge in [0, 0.05) is 11.1 Å². The number of halogens is 2. The van der Waals surface area contributed by atoms with Crippen molar-refractivity contribution in [3.05, 3.63) is 34.9 Å². The van der Waals surface area contributed by atoms with Gasteiger partial charge in [0.05, 0.1) is 6.42 Å². The van der Waals surface area contributed by atoms with E-state index in [2.05, 4.69) is 5.32 Å². The van der Waals surface area contributed by atoms with Crippen molar-refractivity contribution in [2.24, 2.45) is 11.7 Å². The number of benzene rings is 1. The lowest BCUT2D eigenvalue weighted by Gasteiger charge is -2.19. The zero-order valence-electron chi connectivity index (χ0n) is 10.8. The first-order valence-corrected chi connectivity index (χ1v) is 6.81. The molecule has 5 heteroatoms. The molecule has 0 heterocycles. The fraction of sp³-hybridized carbons (Fsp3) is 0.500. The maximum Gasteiger partial charge on any atom is 0.224 e.